The van der Waals surface area contributed by atoms with E-state index in [0.29, 0.717) is 31.0 Å². The summed E-state index contributed by atoms with van der Waals surface area (Å²) in [5, 5.41) is 10.1. The van der Waals surface area contributed by atoms with E-state index in [1.807, 2.05) is 0 Å². The first-order valence-electron chi connectivity index (χ1n) is 5.23. The Balaban J connectivity index is 2.33. The molecule has 0 aliphatic carbocycles. The highest BCUT2D eigenvalue weighted by molar-refractivity contribution is 9.10. The van der Waals surface area contributed by atoms with Crippen LogP contribution >= 0.6 is 50.7 Å². The quantitative estimate of drug-likeness (QED) is 0.691. The van der Waals surface area contributed by atoms with Gasteiger partial charge in [-0.3, -0.25) is 0 Å². The van der Waals surface area contributed by atoms with Crippen molar-refractivity contribution in [2.75, 3.05) is 0 Å². The van der Waals surface area contributed by atoms with E-state index in [0.717, 1.165) is 5.56 Å². The summed E-state index contributed by atoms with van der Waals surface area (Å²) >= 11 is 21.2. The highest BCUT2D eigenvalue weighted by Gasteiger charge is 2.10. The molecule has 0 radical (unpaired) electrons. The predicted molar refractivity (Wildman–Crippen MR) is 81.6 cm³/mol. The molecule has 0 amide bonds. The van der Waals surface area contributed by atoms with Gasteiger partial charge in [0.2, 0.25) is 0 Å². The zero-order valence-corrected chi connectivity index (χ0v) is 13.3. The Morgan fingerprint density at radius 3 is 2.26 bits per heavy atom. The standard InChI is InChI=1S/C13H8BrCl3O2/c14-8-3-7(6-18)1-2-12(8)19-13-5-10(16)9(15)4-11(13)17/h1-5,18H,6H2. The normalized spacial score (nSPS) is 10.6. The van der Waals surface area contributed by atoms with Crippen molar-refractivity contribution >= 4 is 50.7 Å². The maximum atomic E-state index is 9.04. The third-order valence-corrected chi connectivity index (χ3v) is 4.01. The Morgan fingerprint density at radius 1 is 0.947 bits per heavy atom. The van der Waals surface area contributed by atoms with E-state index in [1.165, 1.54) is 6.07 Å². The maximum absolute atomic E-state index is 9.04. The summed E-state index contributed by atoms with van der Waals surface area (Å²) in [4.78, 5) is 0. The van der Waals surface area contributed by atoms with Crippen LogP contribution < -0.4 is 4.74 Å². The Bertz CT molecular complexity index is 617. The minimum absolute atomic E-state index is 0.0353. The molecule has 0 aromatic heterocycles. The number of aliphatic hydroxyl groups excluding tert-OH is 1. The molecule has 0 fully saturated rings. The van der Waals surface area contributed by atoms with Crippen molar-refractivity contribution in [1.82, 2.24) is 0 Å². The van der Waals surface area contributed by atoms with Gasteiger partial charge in [0.05, 0.1) is 26.1 Å². The van der Waals surface area contributed by atoms with Crippen LogP contribution in [0, 0.1) is 0 Å². The van der Waals surface area contributed by atoms with E-state index in [4.69, 9.17) is 44.6 Å². The number of rotatable bonds is 3. The molecule has 0 aliphatic rings. The topological polar surface area (TPSA) is 29.5 Å². The van der Waals surface area contributed by atoms with E-state index in [1.54, 1.807) is 24.3 Å². The largest absolute Gasteiger partial charge is 0.455 e. The molecule has 2 aromatic carbocycles. The molecule has 2 rings (SSSR count). The molecule has 0 saturated carbocycles. The Morgan fingerprint density at radius 2 is 1.63 bits per heavy atom. The molecule has 0 bridgehead atoms. The van der Waals surface area contributed by atoms with Crippen molar-refractivity contribution in [1.29, 1.82) is 0 Å². The highest BCUT2D eigenvalue weighted by Crippen LogP contribution is 2.38. The monoisotopic (exact) mass is 380 g/mol. The molecule has 100 valence electrons. The van der Waals surface area contributed by atoms with Gasteiger partial charge in [0.1, 0.15) is 11.5 Å². The number of hydrogen-bond acceptors (Lipinski definition) is 2. The van der Waals surface area contributed by atoms with E-state index < -0.39 is 0 Å². The maximum Gasteiger partial charge on any atom is 0.147 e. The van der Waals surface area contributed by atoms with Gasteiger partial charge in [-0.25, -0.2) is 0 Å². The van der Waals surface area contributed by atoms with Gasteiger partial charge in [0, 0.05) is 6.07 Å². The molecular weight excluding hydrogens is 374 g/mol. The molecule has 0 spiro atoms. The number of halogens is 4. The van der Waals surface area contributed by atoms with Crippen LogP contribution in [0.25, 0.3) is 0 Å². The lowest BCUT2D eigenvalue weighted by Crippen LogP contribution is -1.89. The van der Waals surface area contributed by atoms with E-state index in [-0.39, 0.29) is 6.61 Å². The van der Waals surface area contributed by atoms with Crippen molar-refractivity contribution in [3.63, 3.8) is 0 Å². The third kappa shape index (κ3) is 3.56. The lowest BCUT2D eigenvalue weighted by atomic mass is 10.2. The summed E-state index contributed by atoms with van der Waals surface area (Å²) in [5.74, 6) is 0.978. The van der Waals surface area contributed by atoms with Crippen molar-refractivity contribution < 1.29 is 9.84 Å². The van der Waals surface area contributed by atoms with Crippen molar-refractivity contribution in [2.45, 2.75) is 6.61 Å². The summed E-state index contributed by atoms with van der Waals surface area (Å²) in [6.45, 7) is -0.0353. The highest BCUT2D eigenvalue weighted by atomic mass is 79.9. The molecule has 2 aromatic rings. The first-order chi connectivity index (χ1) is 9.01. The molecule has 0 saturated heterocycles. The number of aliphatic hydroxyl groups is 1. The van der Waals surface area contributed by atoms with Gasteiger partial charge in [-0.05, 0) is 39.7 Å². The van der Waals surface area contributed by atoms with Crippen molar-refractivity contribution in [2.24, 2.45) is 0 Å². The van der Waals surface area contributed by atoms with Crippen molar-refractivity contribution in [3.05, 3.63) is 55.4 Å². The smallest absolute Gasteiger partial charge is 0.147 e. The first kappa shape index (κ1) is 14.9. The first-order valence-corrected chi connectivity index (χ1v) is 7.15. The Labute approximate surface area is 134 Å². The fraction of sp³-hybridized carbons (Fsp3) is 0.0769. The van der Waals surface area contributed by atoms with Crippen LogP contribution in [0.4, 0.5) is 0 Å². The van der Waals surface area contributed by atoms with Crippen LogP contribution in [0.2, 0.25) is 15.1 Å². The van der Waals surface area contributed by atoms with Gasteiger partial charge in [-0.15, -0.1) is 0 Å². The second-order valence-electron chi connectivity index (χ2n) is 3.72. The van der Waals surface area contributed by atoms with Gasteiger partial charge >= 0.3 is 0 Å². The summed E-state index contributed by atoms with van der Waals surface area (Å²) in [6.07, 6.45) is 0. The van der Waals surface area contributed by atoms with Gasteiger partial charge in [0.25, 0.3) is 0 Å². The van der Waals surface area contributed by atoms with E-state index in [9.17, 15) is 0 Å². The zero-order chi connectivity index (χ0) is 14.0. The van der Waals surface area contributed by atoms with Crippen LogP contribution in [0.3, 0.4) is 0 Å². The second-order valence-corrected chi connectivity index (χ2v) is 5.80. The summed E-state index contributed by atoms with van der Waals surface area (Å²) in [6, 6.07) is 8.33. The fourth-order valence-corrected chi connectivity index (χ4v) is 2.51. The second kappa shape index (κ2) is 6.33. The molecular formula is C13H8BrCl3O2. The Hall–Kier alpha value is -0.450. The lowest BCUT2D eigenvalue weighted by Gasteiger charge is -2.11. The minimum atomic E-state index is -0.0353. The van der Waals surface area contributed by atoms with Crippen LogP contribution in [0.5, 0.6) is 11.5 Å². The van der Waals surface area contributed by atoms with Crippen LogP contribution in [-0.2, 0) is 6.61 Å². The molecule has 2 nitrogen and oxygen atoms in total. The average Bonchev–Trinajstić information content (AvgIpc) is 2.38. The molecule has 1 N–H and O–H groups in total. The summed E-state index contributed by atoms with van der Waals surface area (Å²) < 4.78 is 6.38. The van der Waals surface area contributed by atoms with Crippen LogP contribution in [0.1, 0.15) is 5.56 Å². The van der Waals surface area contributed by atoms with Gasteiger partial charge < -0.3 is 9.84 Å². The predicted octanol–water partition coefficient (Wildman–Crippen LogP) is 5.69. The van der Waals surface area contributed by atoms with Gasteiger partial charge in [0.15, 0.2) is 0 Å². The lowest BCUT2D eigenvalue weighted by molar-refractivity contribution is 0.281. The SMILES string of the molecule is OCc1ccc(Oc2cc(Cl)c(Cl)cc2Cl)c(Br)c1. The van der Waals surface area contributed by atoms with Crippen LogP contribution in [-0.4, -0.2) is 5.11 Å². The molecule has 0 atom stereocenters. The summed E-state index contributed by atoms with van der Waals surface area (Å²) in [7, 11) is 0. The Kier molecular flexibility index (Phi) is 4.98. The molecule has 0 heterocycles. The molecule has 0 unspecified atom stereocenters. The fourth-order valence-electron chi connectivity index (χ4n) is 1.43. The number of ether oxygens (including phenoxy) is 1. The molecule has 0 aliphatic heterocycles. The number of benzene rings is 2. The van der Waals surface area contributed by atoms with E-state index in [2.05, 4.69) is 15.9 Å². The zero-order valence-electron chi connectivity index (χ0n) is 9.46. The third-order valence-electron chi connectivity index (χ3n) is 2.37. The van der Waals surface area contributed by atoms with Gasteiger partial charge in [-0.1, -0.05) is 40.9 Å². The average molecular weight is 382 g/mol. The van der Waals surface area contributed by atoms with Crippen molar-refractivity contribution in [3.8, 4) is 11.5 Å². The molecule has 19 heavy (non-hydrogen) atoms. The van der Waals surface area contributed by atoms with E-state index >= 15 is 0 Å². The minimum Gasteiger partial charge on any atom is -0.455 e. The summed E-state index contributed by atoms with van der Waals surface area (Å²) in [5.41, 5.74) is 0.777. The number of hydrogen-bond donors (Lipinski definition) is 1. The van der Waals surface area contributed by atoms with Gasteiger partial charge in [-0.2, -0.15) is 0 Å². The molecule has 6 heteroatoms. The van der Waals surface area contributed by atoms with Crippen LogP contribution in [0.15, 0.2) is 34.8 Å².